The lowest BCUT2D eigenvalue weighted by atomic mass is 10.2. The number of hydrogen-bond acceptors (Lipinski definition) is 3. The minimum atomic E-state index is -1.12. The van der Waals surface area contributed by atoms with Gasteiger partial charge in [-0.05, 0) is 18.2 Å². The molecule has 5 nitrogen and oxygen atoms in total. The van der Waals surface area contributed by atoms with Crippen molar-refractivity contribution >= 4 is 29.4 Å². The average Bonchev–Trinajstić information content (AvgIpc) is 2.28. The number of hydrogen-bond donors (Lipinski definition) is 1. The number of carboxylic acids is 1. The fraction of sp³-hybridized carbons (Fsp3) is 0.273. The molecule has 1 aliphatic heterocycles. The van der Waals surface area contributed by atoms with Crippen LogP contribution < -0.4 is 4.90 Å². The lowest BCUT2D eigenvalue weighted by molar-refractivity contribution is -0.147. The Morgan fingerprint density at radius 2 is 2.29 bits per heavy atom. The highest BCUT2D eigenvalue weighted by Crippen LogP contribution is 2.23. The standard InChI is InChI=1S/C11H10ClNO4/c12-7-2-1-3-8(6-7)13-5-4-9(10(14)15)17-11(13)16/h1-3,6,9H,4-5H2,(H,14,15). The van der Waals surface area contributed by atoms with Crippen molar-refractivity contribution < 1.29 is 19.4 Å². The summed E-state index contributed by atoms with van der Waals surface area (Å²) >= 11 is 5.82. The van der Waals surface area contributed by atoms with Gasteiger partial charge in [0.2, 0.25) is 6.10 Å². The summed E-state index contributed by atoms with van der Waals surface area (Å²) in [6.45, 7) is 0.302. The minimum absolute atomic E-state index is 0.258. The van der Waals surface area contributed by atoms with Crippen molar-refractivity contribution in [1.29, 1.82) is 0 Å². The van der Waals surface area contributed by atoms with Gasteiger partial charge < -0.3 is 9.84 Å². The van der Waals surface area contributed by atoms with Gasteiger partial charge in [-0.25, -0.2) is 9.59 Å². The summed E-state index contributed by atoms with van der Waals surface area (Å²) in [5, 5.41) is 9.25. The third-order valence-electron chi connectivity index (χ3n) is 2.47. The lowest BCUT2D eigenvalue weighted by Crippen LogP contribution is -2.44. The zero-order valence-electron chi connectivity index (χ0n) is 8.80. The molecule has 17 heavy (non-hydrogen) atoms. The van der Waals surface area contributed by atoms with Crippen molar-refractivity contribution in [3.05, 3.63) is 29.3 Å². The molecule has 1 heterocycles. The molecule has 6 heteroatoms. The van der Waals surface area contributed by atoms with Gasteiger partial charge in [0.15, 0.2) is 0 Å². The van der Waals surface area contributed by atoms with Gasteiger partial charge in [-0.15, -0.1) is 0 Å². The predicted molar refractivity (Wildman–Crippen MR) is 61.3 cm³/mol. The highest BCUT2D eigenvalue weighted by molar-refractivity contribution is 6.30. The predicted octanol–water partition coefficient (Wildman–Crippen LogP) is 2.14. The second-order valence-corrected chi connectivity index (χ2v) is 4.07. The smallest absolute Gasteiger partial charge is 0.415 e. The minimum Gasteiger partial charge on any atom is -0.479 e. The SMILES string of the molecule is O=C(O)C1CCN(c2cccc(Cl)c2)C(=O)O1. The van der Waals surface area contributed by atoms with E-state index in [4.69, 9.17) is 21.4 Å². The Hall–Kier alpha value is -1.75. The van der Waals surface area contributed by atoms with Gasteiger partial charge in [-0.3, -0.25) is 4.90 Å². The van der Waals surface area contributed by atoms with E-state index in [1.807, 2.05) is 0 Å². The van der Waals surface area contributed by atoms with E-state index in [2.05, 4.69) is 0 Å². The van der Waals surface area contributed by atoms with Gasteiger partial charge in [-0.2, -0.15) is 0 Å². The number of amides is 1. The number of anilines is 1. The van der Waals surface area contributed by atoms with Gasteiger partial charge in [0.1, 0.15) is 0 Å². The maximum atomic E-state index is 11.6. The summed E-state index contributed by atoms with van der Waals surface area (Å²) in [5.41, 5.74) is 0.603. The Kier molecular flexibility index (Phi) is 3.19. The van der Waals surface area contributed by atoms with E-state index in [1.54, 1.807) is 24.3 Å². The van der Waals surface area contributed by atoms with Crippen LogP contribution in [-0.2, 0) is 9.53 Å². The summed E-state index contributed by atoms with van der Waals surface area (Å²) < 4.78 is 4.80. The second-order valence-electron chi connectivity index (χ2n) is 3.63. The number of carboxylic acid groups (broad SMARTS) is 1. The molecule has 1 atom stereocenters. The average molecular weight is 256 g/mol. The van der Waals surface area contributed by atoms with Crippen LogP contribution in [0.4, 0.5) is 10.5 Å². The van der Waals surface area contributed by atoms with Crippen molar-refractivity contribution in [3.63, 3.8) is 0 Å². The Bertz CT molecular complexity index is 463. The lowest BCUT2D eigenvalue weighted by Gasteiger charge is -2.29. The highest BCUT2D eigenvalue weighted by atomic mass is 35.5. The first-order valence-electron chi connectivity index (χ1n) is 5.04. The van der Waals surface area contributed by atoms with Crippen LogP contribution in [0.2, 0.25) is 5.02 Å². The van der Waals surface area contributed by atoms with Crippen LogP contribution in [0.5, 0.6) is 0 Å². The number of cyclic esters (lactones) is 1. The molecule has 1 N–H and O–H groups in total. The summed E-state index contributed by atoms with van der Waals surface area (Å²) in [6.07, 6.45) is -1.46. The normalized spacial score (nSPS) is 19.9. The van der Waals surface area contributed by atoms with E-state index in [0.717, 1.165) is 0 Å². The van der Waals surface area contributed by atoms with E-state index in [-0.39, 0.29) is 6.42 Å². The maximum absolute atomic E-state index is 11.6. The zero-order chi connectivity index (χ0) is 12.4. The third-order valence-corrected chi connectivity index (χ3v) is 2.71. The molecular weight excluding hydrogens is 246 g/mol. The fourth-order valence-corrected chi connectivity index (χ4v) is 1.82. The number of rotatable bonds is 2. The Labute approximate surface area is 103 Å². The molecule has 1 aliphatic rings. The monoisotopic (exact) mass is 255 g/mol. The van der Waals surface area contributed by atoms with Crippen LogP contribution in [0.15, 0.2) is 24.3 Å². The summed E-state index contributed by atoms with van der Waals surface area (Å²) in [7, 11) is 0. The van der Waals surface area contributed by atoms with E-state index < -0.39 is 18.2 Å². The first kappa shape index (κ1) is 11.7. The van der Waals surface area contributed by atoms with Crippen LogP contribution >= 0.6 is 11.6 Å². The maximum Gasteiger partial charge on any atom is 0.415 e. The summed E-state index contributed by atoms with van der Waals surface area (Å²) in [4.78, 5) is 23.7. The first-order valence-corrected chi connectivity index (χ1v) is 5.42. The van der Waals surface area contributed by atoms with Gasteiger partial charge in [0, 0.05) is 23.7 Å². The number of carbonyl (C=O) groups is 2. The largest absolute Gasteiger partial charge is 0.479 e. The molecular formula is C11H10ClNO4. The molecule has 1 unspecified atom stereocenters. The van der Waals surface area contributed by atoms with E-state index >= 15 is 0 Å². The molecule has 1 amide bonds. The van der Waals surface area contributed by atoms with Crippen molar-refractivity contribution in [2.24, 2.45) is 0 Å². The number of halogens is 1. The van der Waals surface area contributed by atoms with Crippen molar-refractivity contribution in [1.82, 2.24) is 0 Å². The molecule has 1 fully saturated rings. The number of carbonyl (C=O) groups excluding carboxylic acids is 1. The van der Waals surface area contributed by atoms with E-state index in [0.29, 0.717) is 17.3 Å². The Morgan fingerprint density at radius 1 is 1.53 bits per heavy atom. The molecule has 1 aromatic rings. The number of nitrogens with zero attached hydrogens (tertiary/aromatic N) is 1. The molecule has 0 radical (unpaired) electrons. The topological polar surface area (TPSA) is 66.8 Å². The molecule has 1 aromatic carbocycles. The van der Waals surface area contributed by atoms with Gasteiger partial charge >= 0.3 is 12.1 Å². The summed E-state index contributed by atoms with van der Waals surface area (Å²) in [6, 6.07) is 6.76. The van der Waals surface area contributed by atoms with Crippen molar-refractivity contribution in [3.8, 4) is 0 Å². The number of benzene rings is 1. The highest BCUT2D eigenvalue weighted by Gasteiger charge is 2.32. The summed E-state index contributed by atoms with van der Waals surface area (Å²) in [5.74, 6) is -1.12. The molecule has 1 saturated heterocycles. The molecule has 0 aliphatic carbocycles. The first-order chi connectivity index (χ1) is 8.08. The Morgan fingerprint density at radius 3 is 2.88 bits per heavy atom. The van der Waals surface area contributed by atoms with Crippen molar-refractivity contribution in [2.75, 3.05) is 11.4 Å². The van der Waals surface area contributed by atoms with Gasteiger partial charge in [0.05, 0.1) is 0 Å². The quantitative estimate of drug-likeness (QED) is 0.879. The number of aliphatic carboxylic acids is 1. The zero-order valence-corrected chi connectivity index (χ0v) is 9.55. The van der Waals surface area contributed by atoms with Crippen LogP contribution in [0, 0.1) is 0 Å². The number of ether oxygens (including phenoxy) is 1. The van der Waals surface area contributed by atoms with Crippen LogP contribution in [0.3, 0.4) is 0 Å². The van der Waals surface area contributed by atoms with Crippen molar-refractivity contribution in [2.45, 2.75) is 12.5 Å². The molecule has 2 rings (SSSR count). The van der Waals surface area contributed by atoms with Crippen LogP contribution in [-0.4, -0.2) is 29.8 Å². The van der Waals surface area contributed by atoms with Crippen LogP contribution in [0.25, 0.3) is 0 Å². The third kappa shape index (κ3) is 2.50. The van der Waals surface area contributed by atoms with E-state index in [9.17, 15) is 9.59 Å². The van der Waals surface area contributed by atoms with Gasteiger partial charge in [0.25, 0.3) is 0 Å². The molecule has 0 saturated carbocycles. The second kappa shape index (κ2) is 4.63. The van der Waals surface area contributed by atoms with Crippen LogP contribution in [0.1, 0.15) is 6.42 Å². The Balaban J connectivity index is 2.15. The molecule has 0 bridgehead atoms. The molecule has 0 spiro atoms. The molecule has 90 valence electrons. The molecule has 0 aromatic heterocycles. The fourth-order valence-electron chi connectivity index (χ4n) is 1.63. The van der Waals surface area contributed by atoms with Gasteiger partial charge in [-0.1, -0.05) is 17.7 Å². The van der Waals surface area contributed by atoms with E-state index in [1.165, 1.54) is 4.90 Å².